The lowest BCUT2D eigenvalue weighted by Gasteiger charge is -2.30. The Balaban J connectivity index is 1.79. The van der Waals surface area contributed by atoms with Gasteiger partial charge in [0.15, 0.2) is 0 Å². The van der Waals surface area contributed by atoms with Crippen LogP contribution in [0.25, 0.3) is 0 Å². The SMILES string of the molecule is Cn1c2c(c(=O)n(CCCO)c1=O)N(Cc1ccc(Cl)cc1)C(C(O)c1cccc(OC(F)(F)F)c1)N2. The number of aliphatic hydroxyl groups excluding tert-OH is 2. The quantitative estimate of drug-likeness (QED) is 0.403. The summed E-state index contributed by atoms with van der Waals surface area (Å²) >= 11 is 5.99. The summed E-state index contributed by atoms with van der Waals surface area (Å²) in [5.74, 6) is -0.362. The number of rotatable bonds is 8. The van der Waals surface area contributed by atoms with Gasteiger partial charge in [0, 0.05) is 31.8 Å². The first kappa shape index (κ1) is 26.6. The van der Waals surface area contributed by atoms with Gasteiger partial charge in [0.05, 0.1) is 0 Å². The van der Waals surface area contributed by atoms with Crippen molar-refractivity contribution >= 4 is 23.1 Å². The summed E-state index contributed by atoms with van der Waals surface area (Å²) < 4.78 is 44.4. The Morgan fingerprint density at radius 1 is 1.16 bits per heavy atom. The number of hydrogen-bond acceptors (Lipinski definition) is 7. The Morgan fingerprint density at radius 3 is 2.51 bits per heavy atom. The van der Waals surface area contributed by atoms with Gasteiger partial charge in [0.1, 0.15) is 29.5 Å². The zero-order valence-corrected chi connectivity index (χ0v) is 20.3. The lowest BCUT2D eigenvalue weighted by atomic mass is 10.1. The molecule has 13 heteroatoms. The molecule has 2 unspecified atom stereocenters. The fraction of sp³-hybridized carbons (Fsp3) is 0.333. The highest BCUT2D eigenvalue weighted by Crippen LogP contribution is 2.37. The van der Waals surface area contributed by atoms with Crippen molar-refractivity contribution in [3.63, 3.8) is 0 Å². The maximum Gasteiger partial charge on any atom is 0.573 e. The Morgan fingerprint density at radius 2 is 1.86 bits per heavy atom. The van der Waals surface area contributed by atoms with Gasteiger partial charge in [-0.05, 0) is 41.8 Å². The van der Waals surface area contributed by atoms with Crippen LogP contribution >= 0.6 is 11.6 Å². The van der Waals surface area contributed by atoms with E-state index in [-0.39, 0.29) is 43.2 Å². The van der Waals surface area contributed by atoms with Gasteiger partial charge >= 0.3 is 12.1 Å². The highest BCUT2D eigenvalue weighted by Gasteiger charge is 2.39. The average Bonchev–Trinajstić information content (AvgIpc) is 3.22. The lowest BCUT2D eigenvalue weighted by molar-refractivity contribution is -0.274. The van der Waals surface area contributed by atoms with Gasteiger partial charge in [0.2, 0.25) is 0 Å². The molecule has 0 aliphatic carbocycles. The monoisotopic (exact) mass is 540 g/mol. The molecule has 37 heavy (non-hydrogen) atoms. The van der Waals surface area contributed by atoms with Crippen LogP contribution in [0.1, 0.15) is 23.7 Å². The summed E-state index contributed by atoms with van der Waals surface area (Å²) in [6, 6.07) is 11.7. The minimum atomic E-state index is -4.91. The Kier molecular flexibility index (Phi) is 7.53. The Hall–Kier alpha value is -3.48. The number of benzene rings is 2. The van der Waals surface area contributed by atoms with E-state index in [1.54, 1.807) is 29.2 Å². The number of nitrogens with one attached hydrogen (secondary N) is 1. The first-order valence-electron chi connectivity index (χ1n) is 11.3. The highest BCUT2D eigenvalue weighted by molar-refractivity contribution is 6.30. The van der Waals surface area contributed by atoms with E-state index >= 15 is 0 Å². The summed E-state index contributed by atoms with van der Waals surface area (Å²) in [4.78, 5) is 27.9. The van der Waals surface area contributed by atoms with Gasteiger partial charge in [-0.3, -0.25) is 13.9 Å². The first-order chi connectivity index (χ1) is 17.5. The predicted molar refractivity (Wildman–Crippen MR) is 131 cm³/mol. The molecule has 0 radical (unpaired) electrons. The molecule has 198 valence electrons. The maximum absolute atomic E-state index is 13.4. The minimum absolute atomic E-state index is 0.0197. The van der Waals surface area contributed by atoms with Crippen molar-refractivity contribution in [2.45, 2.75) is 38.1 Å². The molecule has 3 N–H and O–H groups in total. The molecule has 9 nitrogen and oxygen atoms in total. The summed E-state index contributed by atoms with van der Waals surface area (Å²) in [5.41, 5.74) is -0.329. The molecule has 0 amide bonds. The number of aliphatic hydroxyl groups is 2. The summed E-state index contributed by atoms with van der Waals surface area (Å²) in [6.07, 6.45) is -7.20. The molecule has 2 heterocycles. The van der Waals surface area contributed by atoms with E-state index < -0.39 is 35.6 Å². The van der Waals surface area contributed by atoms with Crippen LogP contribution in [-0.4, -0.2) is 38.5 Å². The van der Waals surface area contributed by atoms with Crippen LogP contribution < -0.4 is 26.2 Å². The summed E-state index contributed by atoms with van der Waals surface area (Å²) in [7, 11) is 1.45. The second kappa shape index (κ2) is 10.5. The summed E-state index contributed by atoms with van der Waals surface area (Å²) in [5, 5.41) is 24.0. The van der Waals surface area contributed by atoms with Crippen molar-refractivity contribution < 1.29 is 28.1 Å². The predicted octanol–water partition coefficient (Wildman–Crippen LogP) is 2.97. The largest absolute Gasteiger partial charge is 0.573 e. The number of alkyl halides is 3. The molecular formula is C24H24ClF3N4O5. The molecule has 2 atom stereocenters. The van der Waals surface area contributed by atoms with Gasteiger partial charge in [-0.2, -0.15) is 0 Å². The molecule has 1 aliphatic rings. The number of fused-ring (bicyclic) bond motifs is 1. The first-order valence-corrected chi connectivity index (χ1v) is 11.6. The third-order valence-corrected chi connectivity index (χ3v) is 6.22. The van der Waals surface area contributed by atoms with E-state index in [9.17, 15) is 33.0 Å². The Bertz CT molecular complexity index is 1390. The third kappa shape index (κ3) is 5.60. The van der Waals surface area contributed by atoms with Crippen LogP contribution in [-0.2, 0) is 20.1 Å². The topological polar surface area (TPSA) is 109 Å². The molecule has 1 aliphatic heterocycles. The number of nitrogens with zero attached hydrogens (tertiary/aromatic N) is 3. The van der Waals surface area contributed by atoms with Crippen LogP contribution in [0, 0.1) is 0 Å². The van der Waals surface area contributed by atoms with Crippen molar-refractivity contribution in [1.82, 2.24) is 9.13 Å². The molecule has 2 aromatic carbocycles. The highest BCUT2D eigenvalue weighted by atomic mass is 35.5. The van der Waals surface area contributed by atoms with Crippen molar-refractivity contribution in [3.05, 3.63) is 85.5 Å². The number of anilines is 2. The van der Waals surface area contributed by atoms with Crippen LogP contribution in [0.5, 0.6) is 5.75 Å². The molecule has 0 fully saturated rings. The van der Waals surface area contributed by atoms with E-state index in [0.717, 1.165) is 22.3 Å². The van der Waals surface area contributed by atoms with Crippen molar-refractivity contribution in [1.29, 1.82) is 0 Å². The average molecular weight is 541 g/mol. The standard InChI is InChI=1S/C24H24ClF3N4O5/c1-30-20-18(22(35)31(23(30)36)10-3-11-33)32(13-14-6-8-16(25)9-7-14)21(29-20)19(34)15-4-2-5-17(12-15)37-24(26,27)28/h2,4-9,12,19,21,29,33-34H,3,10-11,13H2,1H3. The number of ether oxygens (including phenoxy) is 1. The summed E-state index contributed by atoms with van der Waals surface area (Å²) in [6.45, 7) is -0.143. The van der Waals surface area contributed by atoms with Crippen molar-refractivity contribution in [2.24, 2.45) is 7.05 Å². The minimum Gasteiger partial charge on any atom is -0.406 e. The van der Waals surface area contributed by atoms with Crippen LogP contribution in [0.3, 0.4) is 0 Å². The van der Waals surface area contributed by atoms with Crippen LogP contribution in [0.4, 0.5) is 24.7 Å². The van der Waals surface area contributed by atoms with Crippen LogP contribution in [0.2, 0.25) is 5.02 Å². The second-order valence-corrected chi connectivity index (χ2v) is 8.92. The molecular weight excluding hydrogens is 517 g/mol. The fourth-order valence-corrected chi connectivity index (χ4v) is 4.38. The van der Waals surface area contributed by atoms with E-state index in [1.165, 1.54) is 23.7 Å². The van der Waals surface area contributed by atoms with Crippen molar-refractivity contribution in [2.75, 3.05) is 16.8 Å². The van der Waals surface area contributed by atoms with Gasteiger partial charge in [-0.1, -0.05) is 35.9 Å². The molecule has 0 spiro atoms. The smallest absolute Gasteiger partial charge is 0.406 e. The normalized spacial score (nSPS) is 15.9. The lowest BCUT2D eigenvalue weighted by Crippen LogP contribution is -2.43. The van der Waals surface area contributed by atoms with Gasteiger partial charge in [-0.25, -0.2) is 4.79 Å². The zero-order valence-electron chi connectivity index (χ0n) is 19.6. The molecule has 4 rings (SSSR count). The van der Waals surface area contributed by atoms with E-state index in [1.807, 2.05) is 0 Å². The zero-order chi connectivity index (χ0) is 26.9. The van der Waals surface area contributed by atoms with Crippen molar-refractivity contribution in [3.8, 4) is 5.75 Å². The molecule has 0 saturated carbocycles. The Labute approximate surface area is 213 Å². The van der Waals surface area contributed by atoms with Gasteiger partial charge in [0.25, 0.3) is 5.56 Å². The maximum atomic E-state index is 13.4. The number of hydrogen-bond donors (Lipinski definition) is 3. The van der Waals surface area contributed by atoms with Crippen LogP contribution in [0.15, 0.2) is 58.1 Å². The molecule has 0 saturated heterocycles. The second-order valence-electron chi connectivity index (χ2n) is 8.48. The fourth-order valence-electron chi connectivity index (χ4n) is 4.25. The number of aromatic nitrogens is 2. The van der Waals surface area contributed by atoms with Gasteiger partial charge in [-0.15, -0.1) is 13.2 Å². The molecule has 0 bridgehead atoms. The third-order valence-electron chi connectivity index (χ3n) is 5.97. The van der Waals surface area contributed by atoms with E-state index in [0.29, 0.717) is 5.02 Å². The van der Waals surface area contributed by atoms with Gasteiger partial charge < -0.3 is 25.2 Å². The van der Waals surface area contributed by atoms with E-state index in [4.69, 9.17) is 11.6 Å². The van der Waals surface area contributed by atoms with E-state index in [2.05, 4.69) is 10.1 Å². The number of halogens is 4. The molecule has 1 aromatic heterocycles. The molecule has 3 aromatic rings.